The lowest BCUT2D eigenvalue weighted by atomic mass is 10.1. The Bertz CT molecular complexity index is 717. The van der Waals surface area contributed by atoms with Crippen LogP contribution in [-0.4, -0.2) is 15.8 Å². The van der Waals surface area contributed by atoms with Crippen LogP contribution in [0.2, 0.25) is 0 Å². The molecule has 0 saturated carbocycles. The van der Waals surface area contributed by atoms with Gasteiger partial charge in [-0.25, -0.2) is 9.37 Å². The molecule has 3 N–H and O–H groups in total. The van der Waals surface area contributed by atoms with Crippen molar-refractivity contribution in [3.8, 4) is 0 Å². The van der Waals surface area contributed by atoms with Crippen LogP contribution in [0.3, 0.4) is 0 Å². The minimum absolute atomic E-state index is 0.0880. The summed E-state index contributed by atoms with van der Waals surface area (Å²) < 4.78 is 13.7. The Kier molecular flexibility index (Phi) is 4.13. The standard InChI is InChI=1S/C12H11FN4O3S/c1-6-16-7(5-21-6)4-15-12(18)10-8(13)2-3-9(11(10)14)17(19)20/h2-3,5H,4,14H2,1H3,(H,15,18). The predicted molar refractivity (Wildman–Crippen MR) is 75.5 cm³/mol. The number of hydrogen-bond donors (Lipinski definition) is 2. The Balaban J connectivity index is 2.22. The molecule has 0 aliphatic rings. The van der Waals surface area contributed by atoms with Crippen LogP contribution in [0.1, 0.15) is 21.1 Å². The average molecular weight is 310 g/mol. The van der Waals surface area contributed by atoms with E-state index in [1.165, 1.54) is 11.3 Å². The molecule has 0 bridgehead atoms. The van der Waals surface area contributed by atoms with Crippen molar-refractivity contribution in [3.05, 3.63) is 49.7 Å². The molecule has 1 heterocycles. The summed E-state index contributed by atoms with van der Waals surface area (Å²) in [5.74, 6) is -1.73. The van der Waals surface area contributed by atoms with Gasteiger partial charge in [0.05, 0.1) is 22.2 Å². The number of thiazole rings is 1. The van der Waals surface area contributed by atoms with Crippen LogP contribution in [0, 0.1) is 22.9 Å². The Morgan fingerprint density at radius 3 is 2.86 bits per heavy atom. The number of nitrogens with two attached hydrogens (primary N) is 1. The largest absolute Gasteiger partial charge is 0.392 e. The first-order valence-corrected chi connectivity index (χ1v) is 6.69. The third-order valence-corrected chi connectivity index (χ3v) is 3.51. The summed E-state index contributed by atoms with van der Waals surface area (Å²) in [4.78, 5) is 26.1. The number of nitro groups is 1. The van der Waals surface area contributed by atoms with E-state index in [1.807, 2.05) is 6.92 Å². The fourth-order valence-corrected chi connectivity index (χ4v) is 2.33. The topological polar surface area (TPSA) is 111 Å². The van der Waals surface area contributed by atoms with Gasteiger partial charge in [-0.05, 0) is 13.0 Å². The van der Waals surface area contributed by atoms with Crippen molar-refractivity contribution in [2.24, 2.45) is 0 Å². The van der Waals surface area contributed by atoms with Crippen molar-refractivity contribution in [2.75, 3.05) is 5.73 Å². The van der Waals surface area contributed by atoms with Crippen LogP contribution in [0.4, 0.5) is 15.8 Å². The second-order valence-electron chi connectivity index (χ2n) is 4.15. The molecule has 110 valence electrons. The van der Waals surface area contributed by atoms with E-state index < -0.39 is 33.6 Å². The number of carbonyl (C=O) groups excluding carboxylic acids is 1. The molecule has 21 heavy (non-hydrogen) atoms. The first-order valence-electron chi connectivity index (χ1n) is 5.81. The van der Waals surface area contributed by atoms with Crippen LogP contribution >= 0.6 is 11.3 Å². The maximum absolute atomic E-state index is 13.7. The lowest BCUT2D eigenvalue weighted by Gasteiger charge is -2.08. The highest BCUT2D eigenvalue weighted by Gasteiger charge is 2.23. The van der Waals surface area contributed by atoms with Gasteiger partial charge in [0.1, 0.15) is 17.1 Å². The third kappa shape index (κ3) is 3.14. The Morgan fingerprint density at radius 2 is 2.29 bits per heavy atom. The van der Waals surface area contributed by atoms with Crippen molar-refractivity contribution in [2.45, 2.75) is 13.5 Å². The molecule has 0 atom stereocenters. The second kappa shape index (κ2) is 5.83. The minimum Gasteiger partial charge on any atom is -0.392 e. The van der Waals surface area contributed by atoms with Crippen LogP contribution in [0.25, 0.3) is 0 Å². The number of nitrogen functional groups attached to an aromatic ring is 1. The fraction of sp³-hybridized carbons (Fsp3) is 0.167. The van der Waals surface area contributed by atoms with Gasteiger partial charge in [0.2, 0.25) is 0 Å². The number of nitrogens with one attached hydrogen (secondary N) is 1. The molecule has 0 fully saturated rings. The number of anilines is 1. The normalized spacial score (nSPS) is 10.4. The number of nitro benzene ring substituents is 1. The van der Waals surface area contributed by atoms with Gasteiger partial charge < -0.3 is 11.1 Å². The van der Waals surface area contributed by atoms with Crippen molar-refractivity contribution < 1.29 is 14.1 Å². The van der Waals surface area contributed by atoms with Crippen molar-refractivity contribution >= 4 is 28.6 Å². The molecule has 0 saturated heterocycles. The number of aryl methyl sites for hydroxylation is 1. The van der Waals surface area contributed by atoms with E-state index in [2.05, 4.69) is 10.3 Å². The van der Waals surface area contributed by atoms with Gasteiger partial charge >= 0.3 is 0 Å². The summed E-state index contributed by atoms with van der Waals surface area (Å²) in [5, 5.41) is 15.8. The number of nitrogens with zero attached hydrogens (tertiary/aromatic N) is 2. The van der Waals surface area contributed by atoms with Gasteiger partial charge in [-0.1, -0.05) is 0 Å². The van der Waals surface area contributed by atoms with E-state index in [0.29, 0.717) is 5.69 Å². The number of benzene rings is 1. The Labute approximate surface area is 122 Å². The summed E-state index contributed by atoms with van der Waals surface area (Å²) in [5.41, 5.74) is 4.59. The lowest BCUT2D eigenvalue weighted by Crippen LogP contribution is -2.25. The van der Waals surface area contributed by atoms with Crippen molar-refractivity contribution in [1.29, 1.82) is 0 Å². The van der Waals surface area contributed by atoms with Crippen LogP contribution in [0.5, 0.6) is 0 Å². The van der Waals surface area contributed by atoms with Gasteiger partial charge in [0.15, 0.2) is 0 Å². The van der Waals surface area contributed by atoms with E-state index in [4.69, 9.17) is 5.73 Å². The maximum Gasteiger partial charge on any atom is 0.293 e. The highest BCUT2D eigenvalue weighted by molar-refractivity contribution is 7.09. The zero-order chi connectivity index (χ0) is 15.6. The highest BCUT2D eigenvalue weighted by atomic mass is 32.1. The first kappa shape index (κ1) is 14.9. The molecule has 2 rings (SSSR count). The summed E-state index contributed by atoms with van der Waals surface area (Å²) in [6.07, 6.45) is 0. The predicted octanol–water partition coefficient (Wildman–Crippen LogP) is 2.01. The summed E-state index contributed by atoms with van der Waals surface area (Å²) >= 11 is 1.41. The Hall–Kier alpha value is -2.55. The molecule has 1 aromatic heterocycles. The molecular formula is C12H11FN4O3S. The minimum atomic E-state index is -0.912. The van der Waals surface area contributed by atoms with E-state index in [0.717, 1.165) is 17.1 Å². The van der Waals surface area contributed by atoms with Crippen LogP contribution < -0.4 is 11.1 Å². The molecule has 0 spiro atoms. The number of hydrogen-bond acceptors (Lipinski definition) is 6. The maximum atomic E-state index is 13.7. The van der Waals surface area contributed by atoms with E-state index in [1.54, 1.807) is 5.38 Å². The van der Waals surface area contributed by atoms with Crippen LogP contribution in [-0.2, 0) is 6.54 Å². The molecule has 7 nitrogen and oxygen atoms in total. The van der Waals surface area contributed by atoms with Gasteiger partial charge in [0.25, 0.3) is 11.6 Å². The molecule has 1 amide bonds. The number of rotatable bonds is 4. The molecule has 0 aliphatic carbocycles. The number of aromatic nitrogens is 1. The summed E-state index contributed by atoms with van der Waals surface area (Å²) in [6, 6.07) is 1.77. The van der Waals surface area contributed by atoms with E-state index >= 15 is 0 Å². The quantitative estimate of drug-likeness (QED) is 0.510. The highest BCUT2D eigenvalue weighted by Crippen LogP contribution is 2.27. The molecule has 0 aliphatic heterocycles. The lowest BCUT2D eigenvalue weighted by molar-refractivity contribution is -0.384. The Morgan fingerprint density at radius 1 is 1.57 bits per heavy atom. The monoisotopic (exact) mass is 310 g/mol. The molecule has 2 aromatic rings. The van der Waals surface area contributed by atoms with Gasteiger partial charge in [-0.2, -0.15) is 0 Å². The molecule has 1 aromatic carbocycles. The molecule has 0 unspecified atom stereocenters. The van der Waals surface area contributed by atoms with Gasteiger partial charge in [-0.15, -0.1) is 11.3 Å². The summed E-state index contributed by atoms with van der Waals surface area (Å²) in [7, 11) is 0. The molecule has 9 heteroatoms. The van der Waals surface area contributed by atoms with Crippen LogP contribution in [0.15, 0.2) is 17.5 Å². The third-order valence-electron chi connectivity index (χ3n) is 2.69. The molecule has 0 radical (unpaired) electrons. The fourth-order valence-electron chi connectivity index (χ4n) is 1.72. The first-order chi connectivity index (χ1) is 9.90. The SMILES string of the molecule is Cc1nc(CNC(=O)c2c(F)ccc([N+](=O)[O-])c2N)cs1. The van der Waals surface area contributed by atoms with Crippen molar-refractivity contribution in [3.63, 3.8) is 0 Å². The second-order valence-corrected chi connectivity index (χ2v) is 5.22. The number of halogens is 1. The van der Waals surface area contributed by atoms with Gasteiger partial charge in [-0.3, -0.25) is 14.9 Å². The van der Waals surface area contributed by atoms with Crippen molar-refractivity contribution in [1.82, 2.24) is 10.3 Å². The van der Waals surface area contributed by atoms with E-state index in [-0.39, 0.29) is 6.54 Å². The van der Waals surface area contributed by atoms with E-state index in [9.17, 15) is 19.3 Å². The number of amides is 1. The van der Waals surface area contributed by atoms with Gasteiger partial charge in [0, 0.05) is 11.4 Å². The zero-order valence-electron chi connectivity index (χ0n) is 10.9. The summed E-state index contributed by atoms with van der Waals surface area (Å²) in [6.45, 7) is 1.90. The number of carbonyl (C=O) groups is 1. The average Bonchev–Trinajstić information content (AvgIpc) is 2.82. The molecular weight excluding hydrogens is 299 g/mol. The smallest absolute Gasteiger partial charge is 0.293 e. The zero-order valence-corrected chi connectivity index (χ0v) is 11.7.